The molecule has 3 unspecified atom stereocenters. The Kier molecular flexibility index (Phi) is 8.77. The van der Waals surface area contributed by atoms with E-state index in [1.165, 1.54) is 64.2 Å². The number of hydrogen-bond acceptors (Lipinski definition) is 1. The minimum atomic E-state index is 0.797. The van der Waals surface area contributed by atoms with E-state index in [0.717, 1.165) is 23.8 Å². The molecule has 1 heteroatoms. The van der Waals surface area contributed by atoms with Crippen molar-refractivity contribution in [3.8, 4) is 0 Å². The minimum Gasteiger partial charge on any atom is -0.317 e. The average molecular weight is 268 g/mol. The highest BCUT2D eigenvalue weighted by atomic mass is 14.9. The number of hydrogen-bond donors (Lipinski definition) is 1. The van der Waals surface area contributed by atoms with E-state index in [-0.39, 0.29) is 0 Å². The molecule has 0 amide bonds. The molecule has 114 valence electrons. The van der Waals surface area contributed by atoms with Crippen molar-refractivity contribution < 1.29 is 0 Å². The Labute approximate surface area is 121 Å². The van der Waals surface area contributed by atoms with Gasteiger partial charge in [-0.05, 0) is 50.5 Å². The maximum atomic E-state index is 3.57. The van der Waals surface area contributed by atoms with Crippen molar-refractivity contribution in [1.82, 2.24) is 5.32 Å². The molecule has 1 saturated carbocycles. The van der Waals surface area contributed by atoms with E-state index >= 15 is 0 Å². The smallest absolute Gasteiger partial charge is 0.00925 e. The van der Waals surface area contributed by atoms with Crippen molar-refractivity contribution in [3.63, 3.8) is 0 Å². The second kappa shape index (κ2) is 9.80. The largest absolute Gasteiger partial charge is 0.317 e. The Balaban J connectivity index is 2.23. The minimum absolute atomic E-state index is 0.797. The quantitative estimate of drug-likeness (QED) is 0.552. The van der Waals surface area contributed by atoms with Crippen LogP contribution in [0.25, 0.3) is 0 Å². The van der Waals surface area contributed by atoms with E-state index in [2.05, 4.69) is 33.1 Å². The molecule has 0 bridgehead atoms. The van der Waals surface area contributed by atoms with E-state index in [4.69, 9.17) is 0 Å². The zero-order chi connectivity index (χ0) is 14.1. The normalized spacial score (nSPS) is 27.9. The van der Waals surface area contributed by atoms with E-state index in [1.54, 1.807) is 0 Å². The summed E-state index contributed by atoms with van der Waals surface area (Å²) in [5.74, 6) is 2.80. The van der Waals surface area contributed by atoms with Gasteiger partial charge < -0.3 is 5.32 Å². The van der Waals surface area contributed by atoms with Gasteiger partial charge in [0.25, 0.3) is 0 Å². The molecule has 0 aromatic rings. The van der Waals surface area contributed by atoms with Gasteiger partial charge in [-0.15, -0.1) is 0 Å². The Bertz CT molecular complexity index is 212. The molecular weight excluding hydrogens is 230 g/mol. The van der Waals surface area contributed by atoms with Crippen LogP contribution in [0.3, 0.4) is 0 Å². The van der Waals surface area contributed by atoms with Gasteiger partial charge in [0, 0.05) is 6.04 Å². The van der Waals surface area contributed by atoms with Gasteiger partial charge in [-0.1, -0.05) is 59.3 Å². The lowest BCUT2D eigenvalue weighted by Crippen LogP contribution is -2.39. The number of nitrogens with one attached hydrogen (secondary N) is 1. The molecule has 0 aromatic carbocycles. The summed E-state index contributed by atoms with van der Waals surface area (Å²) in [6, 6.07) is 0.797. The SMILES string of the molecule is CCCCCCCCC1CC(C(C)C)CCC1NC. The van der Waals surface area contributed by atoms with Gasteiger partial charge >= 0.3 is 0 Å². The summed E-state index contributed by atoms with van der Waals surface area (Å²) in [4.78, 5) is 0. The molecule has 1 aliphatic carbocycles. The van der Waals surface area contributed by atoms with Crippen molar-refractivity contribution in [3.05, 3.63) is 0 Å². The zero-order valence-electron chi connectivity index (χ0n) is 13.9. The monoisotopic (exact) mass is 267 g/mol. The summed E-state index contributed by atoms with van der Waals surface area (Å²) in [7, 11) is 2.16. The Morgan fingerprint density at radius 1 is 1.00 bits per heavy atom. The van der Waals surface area contributed by atoms with Gasteiger partial charge in [0.1, 0.15) is 0 Å². The summed E-state index contributed by atoms with van der Waals surface area (Å²) < 4.78 is 0. The zero-order valence-corrected chi connectivity index (χ0v) is 13.9. The first-order valence-corrected chi connectivity index (χ1v) is 8.86. The fourth-order valence-electron chi connectivity index (χ4n) is 3.79. The lowest BCUT2D eigenvalue weighted by molar-refractivity contribution is 0.163. The molecule has 1 fully saturated rings. The molecule has 0 saturated heterocycles. The van der Waals surface area contributed by atoms with Crippen molar-refractivity contribution in [2.75, 3.05) is 7.05 Å². The van der Waals surface area contributed by atoms with Crippen LogP contribution < -0.4 is 5.32 Å². The summed E-state index contributed by atoms with van der Waals surface area (Å²) in [6.07, 6.45) is 14.4. The van der Waals surface area contributed by atoms with Crippen LogP contribution in [0.15, 0.2) is 0 Å². The Morgan fingerprint density at radius 2 is 1.68 bits per heavy atom. The second-order valence-electron chi connectivity index (χ2n) is 7.03. The van der Waals surface area contributed by atoms with Crippen LogP contribution in [0.1, 0.15) is 85.0 Å². The summed E-state index contributed by atoms with van der Waals surface area (Å²) >= 11 is 0. The van der Waals surface area contributed by atoms with Gasteiger partial charge in [-0.25, -0.2) is 0 Å². The predicted molar refractivity (Wildman–Crippen MR) is 86.5 cm³/mol. The summed E-state index contributed by atoms with van der Waals surface area (Å²) in [6.45, 7) is 7.12. The molecule has 3 atom stereocenters. The van der Waals surface area contributed by atoms with Crippen LogP contribution in [0, 0.1) is 17.8 Å². The van der Waals surface area contributed by atoms with E-state index in [0.29, 0.717) is 0 Å². The van der Waals surface area contributed by atoms with Crippen molar-refractivity contribution in [1.29, 1.82) is 0 Å². The summed E-state index contributed by atoms with van der Waals surface area (Å²) in [5.41, 5.74) is 0. The highest BCUT2D eigenvalue weighted by Gasteiger charge is 2.30. The highest BCUT2D eigenvalue weighted by molar-refractivity contribution is 4.85. The standard InChI is InChI=1S/C18H37N/c1-5-6-7-8-9-10-11-17-14-16(15(2)3)12-13-18(17)19-4/h15-19H,5-14H2,1-4H3. The molecular formula is C18H37N. The number of unbranched alkanes of at least 4 members (excludes halogenated alkanes) is 5. The first kappa shape index (κ1) is 17.0. The third kappa shape index (κ3) is 6.29. The summed E-state index contributed by atoms with van der Waals surface area (Å²) in [5, 5.41) is 3.57. The molecule has 0 heterocycles. The molecule has 19 heavy (non-hydrogen) atoms. The average Bonchev–Trinajstić information content (AvgIpc) is 2.42. The van der Waals surface area contributed by atoms with Crippen molar-refractivity contribution in [2.24, 2.45) is 17.8 Å². The van der Waals surface area contributed by atoms with Crippen molar-refractivity contribution >= 4 is 0 Å². The fraction of sp³-hybridized carbons (Fsp3) is 1.00. The van der Waals surface area contributed by atoms with Crippen LogP contribution in [0.5, 0.6) is 0 Å². The predicted octanol–water partition coefficient (Wildman–Crippen LogP) is 5.40. The fourth-order valence-corrected chi connectivity index (χ4v) is 3.79. The van der Waals surface area contributed by atoms with Gasteiger partial charge in [-0.3, -0.25) is 0 Å². The molecule has 0 aliphatic heterocycles. The third-order valence-electron chi connectivity index (χ3n) is 5.27. The van der Waals surface area contributed by atoms with Gasteiger partial charge in [-0.2, -0.15) is 0 Å². The highest BCUT2D eigenvalue weighted by Crippen LogP contribution is 2.36. The first-order valence-electron chi connectivity index (χ1n) is 8.86. The van der Waals surface area contributed by atoms with Crippen molar-refractivity contribution in [2.45, 2.75) is 91.0 Å². The van der Waals surface area contributed by atoms with Crippen LogP contribution in [-0.2, 0) is 0 Å². The Hall–Kier alpha value is -0.0400. The molecule has 0 radical (unpaired) electrons. The molecule has 0 aromatic heterocycles. The van der Waals surface area contributed by atoms with Gasteiger partial charge in [0.15, 0.2) is 0 Å². The molecule has 1 nitrogen and oxygen atoms in total. The lowest BCUT2D eigenvalue weighted by atomic mass is 9.72. The van der Waals surface area contributed by atoms with Gasteiger partial charge in [0.05, 0.1) is 0 Å². The molecule has 1 aliphatic rings. The maximum Gasteiger partial charge on any atom is 0.00925 e. The second-order valence-corrected chi connectivity index (χ2v) is 7.03. The third-order valence-corrected chi connectivity index (χ3v) is 5.27. The van der Waals surface area contributed by atoms with E-state index in [1.807, 2.05) is 0 Å². The molecule has 1 rings (SSSR count). The van der Waals surface area contributed by atoms with Crippen LogP contribution >= 0.6 is 0 Å². The molecule has 0 spiro atoms. The topological polar surface area (TPSA) is 12.0 Å². The Morgan fingerprint density at radius 3 is 2.32 bits per heavy atom. The van der Waals surface area contributed by atoms with E-state index < -0.39 is 0 Å². The molecule has 1 N–H and O–H groups in total. The van der Waals surface area contributed by atoms with Gasteiger partial charge in [0.2, 0.25) is 0 Å². The first-order chi connectivity index (χ1) is 9.19. The maximum absolute atomic E-state index is 3.57. The number of rotatable bonds is 9. The van der Waals surface area contributed by atoms with E-state index in [9.17, 15) is 0 Å². The lowest BCUT2D eigenvalue weighted by Gasteiger charge is -2.38. The van der Waals surface area contributed by atoms with Crippen LogP contribution in [0.2, 0.25) is 0 Å². The van der Waals surface area contributed by atoms with Crippen LogP contribution in [-0.4, -0.2) is 13.1 Å². The van der Waals surface area contributed by atoms with Crippen LogP contribution in [0.4, 0.5) is 0 Å².